The molecule has 3 N–H and O–H groups in total. The first-order valence-electron chi connectivity index (χ1n) is 3.31. The standard InChI is InChI=1S/C7H7BO4.Na.H/c9-7(10)5-3-1-2-4-6(5)8(11)12;;/h1-4,11-12H,(H,9,10);;. The van der Waals surface area contributed by atoms with Crippen LogP contribution in [-0.2, 0) is 0 Å². The molecule has 13 heavy (non-hydrogen) atoms. The molecule has 6 heteroatoms. The van der Waals surface area contributed by atoms with E-state index in [4.69, 9.17) is 15.2 Å². The predicted octanol–water partition coefficient (Wildman–Crippen LogP) is -1.58. The van der Waals surface area contributed by atoms with Crippen LogP contribution in [0.2, 0.25) is 0 Å². The van der Waals surface area contributed by atoms with Gasteiger partial charge in [-0.2, -0.15) is 0 Å². The fourth-order valence-electron chi connectivity index (χ4n) is 0.917. The van der Waals surface area contributed by atoms with Gasteiger partial charge >= 0.3 is 42.6 Å². The second-order valence-electron chi connectivity index (χ2n) is 2.27. The van der Waals surface area contributed by atoms with E-state index in [0.717, 1.165) is 0 Å². The van der Waals surface area contributed by atoms with Gasteiger partial charge in [-0.25, -0.2) is 4.79 Å². The Labute approximate surface area is 97.6 Å². The van der Waals surface area contributed by atoms with Crippen molar-refractivity contribution in [3.63, 3.8) is 0 Å². The fourth-order valence-corrected chi connectivity index (χ4v) is 0.917. The Morgan fingerprint density at radius 3 is 2.15 bits per heavy atom. The summed E-state index contributed by atoms with van der Waals surface area (Å²) in [6.07, 6.45) is 0. The normalized spacial score (nSPS) is 8.77. The van der Waals surface area contributed by atoms with E-state index >= 15 is 0 Å². The third-order valence-electron chi connectivity index (χ3n) is 1.47. The summed E-state index contributed by atoms with van der Waals surface area (Å²) >= 11 is 0. The Hall–Kier alpha value is -0.325. The van der Waals surface area contributed by atoms with Crippen molar-refractivity contribution < 1.29 is 19.9 Å². The topological polar surface area (TPSA) is 77.8 Å². The van der Waals surface area contributed by atoms with Crippen molar-refractivity contribution in [2.24, 2.45) is 0 Å². The van der Waals surface area contributed by atoms with Crippen molar-refractivity contribution in [2.45, 2.75) is 0 Å². The Bertz CT molecular complexity index is 302. The second-order valence-corrected chi connectivity index (χ2v) is 2.27. The molecule has 0 saturated heterocycles. The summed E-state index contributed by atoms with van der Waals surface area (Å²) in [4.78, 5) is 10.5. The molecule has 0 aliphatic carbocycles. The van der Waals surface area contributed by atoms with Crippen LogP contribution in [0.1, 0.15) is 10.4 Å². The SMILES string of the molecule is O=C(O)c1ccccc1B(O)O.[NaH]. The number of rotatable bonds is 2. The number of aromatic carboxylic acids is 1. The third kappa shape index (κ3) is 3.13. The van der Waals surface area contributed by atoms with Gasteiger partial charge in [0.15, 0.2) is 0 Å². The first kappa shape index (κ1) is 12.7. The number of hydrogen-bond donors (Lipinski definition) is 3. The van der Waals surface area contributed by atoms with Crippen molar-refractivity contribution in [3.05, 3.63) is 29.8 Å². The van der Waals surface area contributed by atoms with Crippen molar-refractivity contribution >= 4 is 48.1 Å². The fraction of sp³-hybridized carbons (Fsp3) is 0. The van der Waals surface area contributed by atoms with Crippen molar-refractivity contribution in [1.29, 1.82) is 0 Å². The van der Waals surface area contributed by atoms with E-state index in [1.165, 1.54) is 18.2 Å². The molecular formula is C7H8BNaO4. The van der Waals surface area contributed by atoms with Gasteiger partial charge in [0.2, 0.25) is 0 Å². The van der Waals surface area contributed by atoms with Crippen molar-refractivity contribution in [2.75, 3.05) is 0 Å². The summed E-state index contributed by atoms with van der Waals surface area (Å²) in [7, 11) is -1.74. The van der Waals surface area contributed by atoms with Gasteiger partial charge in [-0.1, -0.05) is 18.2 Å². The number of benzene rings is 1. The molecular weight excluding hydrogens is 182 g/mol. The number of carboxylic acid groups (broad SMARTS) is 1. The van der Waals surface area contributed by atoms with Gasteiger partial charge in [0, 0.05) is 0 Å². The van der Waals surface area contributed by atoms with Crippen LogP contribution >= 0.6 is 0 Å². The minimum absolute atomic E-state index is 0. The zero-order valence-corrected chi connectivity index (χ0v) is 6.14. The molecule has 0 aliphatic heterocycles. The van der Waals surface area contributed by atoms with Crippen molar-refractivity contribution in [1.82, 2.24) is 0 Å². The van der Waals surface area contributed by atoms with Gasteiger partial charge in [-0.3, -0.25) is 0 Å². The molecule has 1 aromatic rings. The van der Waals surface area contributed by atoms with E-state index in [1.54, 1.807) is 6.07 Å². The Morgan fingerprint density at radius 2 is 1.77 bits per heavy atom. The zero-order chi connectivity index (χ0) is 9.14. The Balaban J connectivity index is 0.00000144. The second kappa shape index (κ2) is 5.41. The number of carboxylic acids is 1. The summed E-state index contributed by atoms with van der Waals surface area (Å²) in [5, 5.41) is 26.1. The minimum atomic E-state index is -1.74. The van der Waals surface area contributed by atoms with Gasteiger partial charge in [-0.05, 0) is 11.5 Å². The van der Waals surface area contributed by atoms with Gasteiger partial charge in [0.1, 0.15) is 0 Å². The van der Waals surface area contributed by atoms with E-state index < -0.39 is 13.1 Å². The van der Waals surface area contributed by atoms with E-state index in [9.17, 15) is 4.79 Å². The zero-order valence-electron chi connectivity index (χ0n) is 6.14. The molecule has 0 aromatic heterocycles. The molecule has 0 aliphatic rings. The summed E-state index contributed by atoms with van der Waals surface area (Å²) in [5.41, 5.74) is -0.0856. The van der Waals surface area contributed by atoms with Crippen LogP contribution in [0.3, 0.4) is 0 Å². The van der Waals surface area contributed by atoms with Crippen LogP contribution in [-0.4, -0.2) is 57.8 Å². The van der Waals surface area contributed by atoms with Crippen LogP contribution in [0.15, 0.2) is 24.3 Å². The van der Waals surface area contributed by atoms with Crippen LogP contribution < -0.4 is 5.46 Å². The van der Waals surface area contributed by atoms with Gasteiger partial charge < -0.3 is 15.2 Å². The Morgan fingerprint density at radius 1 is 1.23 bits per heavy atom. The summed E-state index contributed by atoms with van der Waals surface area (Å²) in [5.74, 6) is -1.17. The molecule has 0 radical (unpaired) electrons. The molecule has 0 saturated carbocycles. The first-order chi connectivity index (χ1) is 5.63. The average Bonchev–Trinajstić information content (AvgIpc) is 2.04. The molecule has 0 atom stereocenters. The molecule has 1 aromatic carbocycles. The van der Waals surface area contributed by atoms with Crippen molar-refractivity contribution in [3.8, 4) is 0 Å². The van der Waals surface area contributed by atoms with Crippen LogP contribution in [0.5, 0.6) is 0 Å². The molecule has 1 rings (SSSR count). The summed E-state index contributed by atoms with van der Waals surface area (Å²) < 4.78 is 0. The number of carbonyl (C=O) groups is 1. The van der Waals surface area contributed by atoms with E-state index in [2.05, 4.69) is 0 Å². The molecule has 0 unspecified atom stereocenters. The van der Waals surface area contributed by atoms with E-state index in [1.807, 2.05) is 0 Å². The van der Waals surface area contributed by atoms with Gasteiger partial charge in [0.25, 0.3) is 0 Å². The maximum atomic E-state index is 10.5. The quantitative estimate of drug-likeness (QED) is 0.491. The third-order valence-corrected chi connectivity index (χ3v) is 1.47. The monoisotopic (exact) mass is 190 g/mol. The van der Waals surface area contributed by atoms with Gasteiger partial charge in [-0.15, -0.1) is 0 Å². The summed E-state index contributed by atoms with van der Waals surface area (Å²) in [6, 6.07) is 5.74. The van der Waals surface area contributed by atoms with E-state index in [-0.39, 0.29) is 40.6 Å². The molecule has 64 valence electrons. The Kier molecular flexibility index (Phi) is 5.28. The summed E-state index contributed by atoms with van der Waals surface area (Å²) in [6.45, 7) is 0. The van der Waals surface area contributed by atoms with Crippen LogP contribution in [0.25, 0.3) is 0 Å². The molecule has 0 spiro atoms. The van der Waals surface area contributed by atoms with E-state index in [0.29, 0.717) is 0 Å². The molecule has 0 fully saturated rings. The maximum absolute atomic E-state index is 10.5. The van der Waals surface area contributed by atoms with Gasteiger partial charge in [0.05, 0.1) is 5.56 Å². The molecule has 0 amide bonds. The number of hydrogen-bond acceptors (Lipinski definition) is 3. The predicted molar refractivity (Wildman–Crippen MR) is 50.4 cm³/mol. The average molecular weight is 190 g/mol. The molecule has 0 heterocycles. The van der Waals surface area contributed by atoms with Crippen LogP contribution in [0, 0.1) is 0 Å². The first-order valence-corrected chi connectivity index (χ1v) is 3.31. The molecule has 4 nitrogen and oxygen atoms in total. The molecule has 0 bridgehead atoms. The van der Waals surface area contributed by atoms with Crippen LogP contribution in [0.4, 0.5) is 0 Å².